The first kappa shape index (κ1) is 22.7. The van der Waals surface area contributed by atoms with Gasteiger partial charge in [0.05, 0.1) is 5.52 Å². The third kappa shape index (κ3) is 4.23. The molecule has 1 aromatic carbocycles. The van der Waals surface area contributed by atoms with Crippen molar-refractivity contribution in [3.05, 3.63) is 59.8 Å². The first-order chi connectivity index (χ1) is 17.3. The van der Waals surface area contributed by atoms with Crippen LogP contribution in [0.25, 0.3) is 28.1 Å². The Morgan fingerprint density at radius 1 is 1.08 bits per heavy atom. The van der Waals surface area contributed by atoms with Gasteiger partial charge in [-0.3, -0.25) is 9.30 Å². The van der Waals surface area contributed by atoms with Crippen LogP contribution in [0.5, 0.6) is 0 Å². The molecule has 0 radical (unpaired) electrons. The second-order valence-electron chi connectivity index (χ2n) is 9.51. The average Bonchev–Trinajstić information content (AvgIpc) is 3.46. The van der Waals surface area contributed by atoms with Crippen molar-refractivity contribution in [2.24, 2.45) is 0 Å². The molecule has 2 atom stereocenters. The van der Waals surface area contributed by atoms with Crippen LogP contribution in [0.3, 0.4) is 0 Å². The van der Waals surface area contributed by atoms with E-state index in [-0.39, 0.29) is 18.7 Å². The molecule has 1 saturated heterocycles. The number of benzene rings is 1. The van der Waals surface area contributed by atoms with Crippen molar-refractivity contribution in [1.29, 1.82) is 0 Å². The zero-order chi connectivity index (χ0) is 25.0. The van der Waals surface area contributed by atoms with Gasteiger partial charge in [-0.25, -0.2) is 9.78 Å². The Bertz CT molecular complexity index is 1470. The second kappa shape index (κ2) is 8.44. The van der Waals surface area contributed by atoms with Gasteiger partial charge in [0.2, 0.25) is 0 Å². The number of likely N-dealkylation sites (tertiary alicyclic amines) is 1. The molecule has 11 heteroatoms. The van der Waals surface area contributed by atoms with Crippen LogP contribution < -0.4 is 5.32 Å². The van der Waals surface area contributed by atoms with E-state index in [9.17, 15) is 18.0 Å². The van der Waals surface area contributed by atoms with Crippen LogP contribution >= 0.6 is 0 Å². The molecule has 0 spiro atoms. The van der Waals surface area contributed by atoms with Gasteiger partial charge in [0.15, 0.2) is 11.5 Å². The summed E-state index contributed by atoms with van der Waals surface area (Å²) in [5.74, 6) is 0.935. The summed E-state index contributed by atoms with van der Waals surface area (Å²) in [6.45, 7) is 0.0941. The Balaban J connectivity index is 1.37. The van der Waals surface area contributed by atoms with Gasteiger partial charge in [-0.05, 0) is 54.5 Å². The summed E-state index contributed by atoms with van der Waals surface area (Å²) < 4.78 is 44.3. The molecule has 4 aromatic rings. The Hall–Kier alpha value is -3.73. The largest absolute Gasteiger partial charge is 0.465 e. The number of carbonyl (C=O) groups is 1. The zero-order valence-corrected chi connectivity index (χ0v) is 19.1. The van der Waals surface area contributed by atoms with Gasteiger partial charge in [-0.2, -0.15) is 13.2 Å². The summed E-state index contributed by atoms with van der Waals surface area (Å²) in [5, 5.41) is 20.6. The van der Waals surface area contributed by atoms with Crippen molar-refractivity contribution in [2.75, 3.05) is 13.1 Å². The number of halogens is 3. The molecule has 6 rings (SSSR count). The van der Waals surface area contributed by atoms with E-state index < -0.39 is 24.4 Å². The highest BCUT2D eigenvalue weighted by Crippen LogP contribution is 2.41. The SMILES string of the molecule is O=C(O)NC1CCN(C(c2ccc3nnc(-c4ccc5ccc(C6CC6)cc5n4)n3c2)C(F)(F)F)C1. The number of hydrogen-bond acceptors (Lipinski definition) is 5. The molecule has 186 valence electrons. The number of alkyl halides is 3. The monoisotopic (exact) mass is 496 g/mol. The Labute approximate surface area is 203 Å². The van der Waals surface area contributed by atoms with Gasteiger partial charge in [-0.15, -0.1) is 10.2 Å². The minimum atomic E-state index is -4.56. The van der Waals surface area contributed by atoms with Crippen LogP contribution in [-0.2, 0) is 0 Å². The molecule has 2 unspecified atom stereocenters. The average molecular weight is 496 g/mol. The van der Waals surface area contributed by atoms with Gasteiger partial charge in [0, 0.05) is 30.7 Å². The number of pyridine rings is 2. The third-order valence-electron chi connectivity index (χ3n) is 6.96. The second-order valence-corrected chi connectivity index (χ2v) is 9.51. The van der Waals surface area contributed by atoms with Crippen molar-refractivity contribution in [2.45, 2.75) is 43.4 Å². The van der Waals surface area contributed by atoms with E-state index >= 15 is 0 Å². The van der Waals surface area contributed by atoms with Crippen LogP contribution in [0.2, 0.25) is 0 Å². The van der Waals surface area contributed by atoms with Gasteiger partial charge in [0.1, 0.15) is 11.7 Å². The molecule has 1 amide bonds. The number of nitrogens with zero attached hydrogens (tertiary/aromatic N) is 5. The summed E-state index contributed by atoms with van der Waals surface area (Å²) in [6, 6.07) is 10.4. The first-order valence-electron chi connectivity index (χ1n) is 11.8. The molecule has 36 heavy (non-hydrogen) atoms. The van der Waals surface area contributed by atoms with Crippen LogP contribution in [0.1, 0.15) is 42.3 Å². The van der Waals surface area contributed by atoms with E-state index in [0.29, 0.717) is 29.5 Å². The third-order valence-corrected chi connectivity index (χ3v) is 6.96. The fourth-order valence-corrected chi connectivity index (χ4v) is 5.09. The molecule has 1 aliphatic heterocycles. The summed E-state index contributed by atoms with van der Waals surface area (Å²) in [5.41, 5.74) is 3.02. The highest BCUT2D eigenvalue weighted by atomic mass is 19.4. The number of fused-ring (bicyclic) bond motifs is 2. The van der Waals surface area contributed by atoms with Crippen molar-refractivity contribution in [1.82, 2.24) is 29.8 Å². The molecule has 3 aromatic heterocycles. The van der Waals surface area contributed by atoms with E-state index in [1.165, 1.54) is 46.0 Å². The smallest absolute Gasteiger partial charge is 0.408 e. The molecule has 1 aliphatic carbocycles. The van der Waals surface area contributed by atoms with E-state index in [4.69, 9.17) is 10.1 Å². The Kier molecular flexibility index (Phi) is 5.32. The van der Waals surface area contributed by atoms with Gasteiger partial charge in [0.25, 0.3) is 0 Å². The quantitative estimate of drug-likeness (QED) is 0.413. The number of rotatable bonds is 5. The molecule has 2 N–H and O–H groups in total. The maximum Gasteiger partial charge on any atom is 0.408 e. The van der Waals surface area contributed by atoms with Gasteiger partial charge < -0.3 is 10.4 Å². The fraction of sp³-hybridized carbons (Fsp3) is 0.360. The lowest BCUT2D eigenvalue weighted by Gasteiger charge is -2.30. The highest BCUT2D eigenvalue weighted by molar-refractivity contribution is 5.82. The summed E-state index contributed by atoms with van der Waals surface area (Å²) >= 11 is 0. The molecule has 0 bridgehead atoms. The number of hydrogen-bond donors (Lipinski definition) is 2. The van der Waals surface area contributed by atoms with Gasteiger partial charge >= 0.3 is 12.3 Å². The van der Waals surface area contributed by atoms with Crippen molar-refractivity contribution < 1.29 is 23.1 Å². The van der Waals surface area contributed by atoms with Crippen LogP contribution in [0, 0.1) is 0 Å². The number of amides is 1. The van der Waals surface area contributed by atoms with E-state index in [1.807, 2.05) is 12.1 Å². The highest BCUT2D eigenvalue weighted by Gasteiger charge is 2.47. The topological polar surface area (TPSA) is 95.7 Å². The molecular weight excluding hydrogens is 473 g/mol. The minimum Gasteiger partial charge on any atom is -0.465 e. The lowest BCUT2D eigenvalue weighted by molar-refractivity contribution is -0.184. The standard InChI is InChI=1S/C25H23F3N6O2/c26-25(27,28)22(33-10-9-18(13-33)29-24(35)36)17-6-8-21-31-32-23(34(21)12-17)19-7-5-15-3-4-16(14-1-2-14)11-20(15)30-19/h3-8,11-12,14,18,22,29H,1-2,9-10,13H2,(H,35,36). The minimum absolute atomic E-state index is 0.0287. The maximum absolute atomic E-state index is 14.2. The maximum atomic E-state index is 14.2. The predicted octanol–water partition coefficient (Wildman–Crippen LogP) is 4.77. The molecule has 4 heterocycles. The zero-order valence-electron chi connectivity index (χ0n) is 19.1. The van der Waals surface area contributed by atoms with E-state index in [1.54, 1.807) is 6.07 Å². The van der Waals surface area contributed by atoms with Crippen LogP contribution in [0.4, 0.5) is 18.0 Å². The predicted molar refractivity (Wildman–Crippen MR) is 126 cm³/mol. The first-order valence-corrected chi connectivity index (χ1v) is 11.8. The van der Waals surface area contributed by atoms with Crippen molar-refractivity contribution >= 4 is 22.6 Å². The molecule has 2 aliphatic rings. The number of carboxylic acid groups (broad SMARTS) is 1. The fourth-order valence-electron chi connectivity index (χ4n) is 5.09. The lowest BCUT2D eigenvalue weighted by atomic mass is 10.1. The van der Waals surface area contributed by atoms with Crippen molar-refractivity contribution in [3.63, 3.8) is 0 Å². The van der Waals surface area contributed by atoms with E-state index in [0.717, 1.165) is 10.9 Å². The Morgan fingerprint density at radius 3 is 2.64 bits per heavy atom. The summed E-state index contributed by atoms with van der Waals surface area (Å²) in [7, 11) is 0. The normalized spacial score (nSPS) is 19.7. The molecular formula is C25H23F3N6O2. The number of aromatic nitrogens is 4. The van der Waals surface area contributed by atoms with Crippen LogP contribution in [-0.4, -0.2) is 61.0 Å². The van der Waals surface area contributed by atoms with Crippen LogP contribution in [0.15, 0.2) is 48.7 Å². The molecule has 8 nitrogen and oxygen atoms in total. The molecule has 2 fully saturated rings. The summed E-state index contributed by atoms with van der Waals surface area (Å²) in [6.07, 6.45) is -1.73. The Morgan fingerprint density at radius 2 is 1.89 bits per heavy atom. The summed E-state index contributed by atoms with van der Waals surface area (Å²) in [4.78, 5) is 17.0. The van der Waals surface area contributed by atoms with Crippen molar-refractivity contribution in [3.8, 4) is 11.5 Å². The number of nitrogens with one attached hydrogen (secondary N) is 1. The van der Waals surface area contributed by atoms with E-state index in [2.05, 4.69) is 27.6 Å². The van der Waals surface area contributed by atoms with Gasteiger partial charge in [-0.1, -0.05) is 24.3 Å². The lowest BCUT2D eigenvalue weighted by Crippen LogP contribution is -2.40. The molecule has 1 saturated carbocycles.